The lowest BCUT2D eigenvalue weighted by atomic mass is 10.1. The maximum atomic E-state index is 13.6. The lowest BCUT2D eigenvalue weighted by molar-refractivity contribution is 0.0984. The van der Waals surface area contributed by atoms with E-state index in [1.807, 2.05) is 17.5 Å². The number of hydrazone groups is 1. The number of thiophene rings is 1. The fourth-order valence-electron chi connectivity index (χ4n) is 2.81. The van der Waals surface area contributed by atoms with Gasteiger partial charge in [0.25, 0.3) is 5.91 Å². The fraction of sp³-hybridized carbons (Fsp3) is 0.0952. The molecule has 2 aromatic carbocycles. The number of para-hydroxylation sites is 1. The third-order valence-corrected chi connectivity index (χ3v) is 5.99. The highest BCUT2D eigenvalue weighted by Crippen LogP contribution is 2.35. The number of aromatic nitrogens is 1. The molecular weight excluding hydrogens is 425 g/mol. The topological polar surface area (TPSA) is 64.0 Å². The van der Waals surface area contributed by atoms with Crippen LogP contribution in [0.15, 0.2) is 59.0 Å². The summed E-state index contributed by atoms with van der Waals surface area (Å²) >= 11 is 2.66. The minimum atomic E-state index is -0.446. The quantitative estimate of drug-likeness (QED) is 0.305. The second-order valence-electron chi connectivity index (χ2n) is 6.03. The molecule has 0 atom stereocenters. The van der Waals surface area contributed by atoms with Crippen LogP contribution in [0.5, 0.6) is 11.5 Å². The van der Waals surface area contributed by atoms with Crippen LogP contribution < -0.4 is 14.5 Å². The van der Waals surface area contributed by atoms with Gasteiger partial charge in [0.05, 0.1) is 36.2 Å². The first-order valence-electron chi connectivity index (χ1n) is 8.79. The molecule has 4 aromatic rings. The monoisotopic (exact) mass is 441 g/mol. The van der Waals surface area contributed by atoms with Crippen LogP contribution in [0.3, 0.4) is 0 Å². The average molecular weight is 442 g/mol. The Morgan fingerprint density at radius 3 is 2.77 bits per heavy atom. The smallest absolute Gasteiger partial charge is 0.284 e. The van der Waals surface area contributed by atoms with Crippen molar-refractivity contribution in [1.29, 1.82) is 0 Å². The normalized spacial score (nSPS) is 11.2. The van der Waals surface area contributed by atoms with Gasteiger partial charge in [-0.3, -0.25) is 4.79 Å². The van der Waals surface area contributed by atoms with Crippen LogP contribution in [-0.2, 0) is 0 Å². The first-order valence-corrected chi connectivity index (χ1v) is 10.5. The van der Waals surface area contributed by atoms with Gasteiger partial charge >= 0.3 is 0 Å². The largest absolute Gasteiger partial charge is 0.493 e. The molecule has 0 fully saturated rings. The molecule has 0 radical (unpaired) electrons. The van der Waals surface area contributed by atoms with Crippen molar-refractivity contribution in [3.8, 4) is 11.5 Å². The van der Waals surface area contributed by atoms with E-state index in [1.165, 1.54) is 54.0 Å². The maximum absolute atomic E-state index is 13.6. The Morgan fingerprint density at radius 1 is 1.17 bits per heavy atom. The molecule has 0 saturated heterocycles. The zero-order valence-electron chi connectivity index (χ0n) is 16.0. The summed E-state index contributed by atoms with van der Waals surface area (Å²) in [5, 5.41) is 7.82. The lowest BCUT2D eigenvalue weighted by Gasteiger charge is -2.17. The Hall–Kier alpha value is -3.30. The van der Waals surface area contributed by atoms with Crippen LogP contribution >= 0.6 is 22.7 Å². The standard InChI is InChI=1S/C21H16FN3O3S2/c1-27-17-7-3-6-15(19(17)28-2)20(26)25(23-12-14-5-4-10-29-14)21-24-16-9-8-13(22)11-18(16)30-21/h3-12H,1-2H3/b23-12+. The number of carbonyl (C=O) groups excluding carboxylic acids is 1. The van der Waals surface area contributed by atoms with E-state index in [-0.39, 0.29) is 11.4 Å². The van der Waals surface area contributed by atoms with Gasteiger partial charge in [0.1, 0.15) is 5.82 Å². The first kappa shape index (κ1) is 20.0. The van der Waals surface area contributed by atoms with Gasteiger partial charge in [-0.05, 0) is 41.8 Å². The Kier molecular flexibility index (Phi) is 5.73. The molecule has 6 nitrogen and oxygen atoms in total. The van der Waals surface area contributed by atoms with E-state index in [1.54, 1.807) is 30.5 Å². The van der Waals surface area contributed by atoms with Gasteiger partial charge in [-0.2, -0.15) is 10.1 Å². The van der Waals surface area contributed by atoms with Crippen molar-refractivity contribution in [3.05, 3.63) is 70.2 Å². The highest BCUT2D eigenvalue weighted by Gasteiger charge is 2.25. The molecule has 0 N–H and O–H groups in total. The highest BCUT2D eigenvalue weighted by molar-refractivity contribution is 7.22. The summed E-state index contributed by atoms with van der Waals surface area (Å²) in [6, 6.07) is 13.1. The number of rotatable bonds is 6. The molecule has 2 heterocycles. The second kappa shape index (κ2) is 8.60. The Balaban J connectivity index is 1.81. The molecule has 0 aliphatic heterocycles. The molecule has 4 rings (SSSR count). The minimum absolute atomic E-state index is 0.269. The number of benzene rings is 2. The number of anilines is 1. The molecule has 9 heteroatoms. The number of nitrogens with zero attached hydrogens (tertiary/aromatic N) is 3. The molecular formula is C21H16FN3O3S2. The van der Waals surface area contributed by atoms with Crippen molar-refractivity contribution in [3.63, 3.8) is 0 Å². The van der Waals surface area contributed by atoms with E-state index in [4.69, 9.17) is 9.47 Å². The van der Waals surface area contributed by atoms with Gasteiger partial charge in [-0.1, -0.05) is 23.5 Å². The summed E-state index contributed by atoms with van der Waals surface area (Å²) in [6.45, 7) is 0. The average Bonchev–Trinajstić information content (AvgIpc) is 3.42. The van der Waals surface area contributed by atoms with Gasteiger partial charge < -0.3 is 9.47 Å². The van der Waals surface area contributed by atoms with Crippen LogP contribution in [0.4, 0.5) is 9.52 Å². The van der Waals surface area contributed by atoms with Gasteiger partial charge in [-0.15, -0.1) is 11.3 Å². The van der Waals surface area contributed by atoms with E-state index in [2.05, 4.69) is 10.1 Å². The summed E-state index contributed by atoms with van der Waals surface area (Å²) < 4.78 is 25.0. The number of methoxy groups -OCH3 is 2. The third-order valence-electron chi connectivity index (χ3n) is 4.19. The molecule has 152 valence electrons. The van der Waals surface area contributed by atoms with Crippen LogP contribution in [-0.4, -0.2) is 31.3 Å². The number of amides is 1. The van der Waals surface area contributed by atoms with E-state index < -0.39 is 5.91 Å². The predicted octanol–water partition coefficient (Wildman–Crippen LogP) is 5.20. The Labute approximate surface area is 179 Å². The van der Waals surface area contributed by atoms with Crippen LogP contribution in [0.2, 0.25) is 0 Å². The zero-order chi connectivity index (χ0) is 21.1. The summed E-state index contributed by atoms with van der Waals surface area (Å²) in [5.74, 6) is -0.0874. The van der Waals surface area contributed by atoms with E-state index in [0.29, 0.717) is 26.8 Å². The number of halogens is 1. The highest BCUT2D eigenvalue weighted by atomic mass is 32.1. The van der Waals surface area contributed by atoms with E-state index >= 15 is 0 Å². The third kappa shape index (κ3) is 3.89. The van der Waals surface area contributed by atoms with Crippen molar-refractivity contribution in [2.45, 2.75) is 0 Å². The molecule has 0 unspecified atom stereocenters. The maximum Gasteiger partial charge on any atom is 0.284 e. The van der Waals surface area contributed by atoms with Crippen molar-refractivity contribution in [2.24, 2.45) is 5.10 Å². The zero-order valence-corrected chi connectivity index (χ0v) is 17.7. The van der Waals surface area contributed by atoms with Crippen LogP contribution in [0.1, 0.15) is 15.2 Å². The summed E-state index contributed by atoms with van der Waals surface area (Å²) in [4.78, 5) is 18.8. The van der Waals surface area contributed by atoms with Crippen LogP contribution in [0.25, 0.3) is 10.2 Å². The number of carbonyl (C=O) groups is 1. The lowest BCUT2D eigenvalue weighted by Crippen LogP contribution is -2.26. The molecule has 0 aliphatic rings. The van der Waals surface area contributed by atoms with Crippen LogP contribution in [0, 0.1) is 5.82 Å². The van der Waals surface area contributed by atoms with Crippen molar-refractivity contribution in [1.82, 2.24) is 4.98 Å². The molecule has 0 spiro atoms. The molecule has 0 aliphatic carbocycles. The molecule has 2 aromatic heterocycles. The molecule has 30 heavy (non-hydrogen) atoms. The van der Waals surface area contributed by atoms with Gasteiger partial charge in [0.2, 0.25) is 5.13 Å². The second-order valence-corrected chi connectivity index (χ2v) is 8.01. The number of fused-ring (bicyclic) bond motifs is 1. The van der Waals surface area contributed by atoms with Gasteiger partial charge in [0, 0.05) is 4.88 Å². The molecule has 1 amide bonds. The number of hydrogen-bond donors (Lipinski definition) is 0. The number of hydrogen-bond acceptors (Lipinski definition) is 7. The van der Waals surface area contributed by atoms with Gasteiger partial charge in [0.15, 0.2) is 11.5 Å². The van der Waals surface area contributed by atoms with Crippen molar-refractivity contribution >= 4 is 50.1 Å². The Bertz CT molecular complexity index is 1220. The number of ether oxygens (including phenoxy) is 2. The molecule has 0 bridgehead atoms. The van der Waals surface area contributed by atoms with E-state index in [9.17, 15) is 9.18 Å². The molecule has 0 saturated carbocycles. The van der Waals surface area contributed by atoms with Crippen molar-refractivity contribution in [2.75, 3.05) is 19.2 Å². The number of thiazole rings is 1. The summed E-state index contributed by atoms with van der Waals surface area (Å²) in [7, 11) is 2.97. The SMILES string of the molecule is COc1cccc(C(=O)N(/N=C/c2cccs2)c2nc3ccc(F)cc3s2)c1OC. The first-order chi connectivity index (χ1) is 14.6. The summed E-state index contributed by atoms with van der Waals surface area (Å²) in [5.41, 5.74) is 0.851. The van der Waals surface area contributed by atoms with E-state index in [0.717, 1.165) is 4.88 Å². The Morgan fingerprint density at radius 2 is 2.03 bits per heavy atom. The predicted molar refractivity (Wildman–Crippen MR) is 118 cm³/mol. The summed E-state index contributed by atoms with van der Waals surface area (Å²) in [6.07, 6.45) is 1.59. The fourth-order valence-corrected chi connectivity index (χ4v) is 4.34. The van der Waals surface area contributed by atoms with Crippen molar-refractivity contribution < 1.29 is 18.7 Å². The van der Waals surface area contributed by atoms with Gasteiger partial charge in [-0.25, -0.2) is 9.37 Å². The minimum Gasteiger partial charge on any atom is -0.493 e.